The van der Waals surface area contributed by atoms with Gasteiger partial charge in [0.2, 0.25) is 0 Å². The number of aliphatic hydroxyl groups excluding tert-OH is 21. The van der Waals surface area contributed by atoms with Crippen LogP contribution in [0, 0.1) is 0 Å². The summed E-state index contributed by atoms with van der Waals surface area (Å²) in [4.78, 5) is 90.3. The Balaban J connectivity index is -0.0000000780. The number of carbonyl (C=O) groups is 9. The van der Waals surface area contributed by atoms with Gasteiger partial charge >= 0.3 is 53.7 Å². The molecule has 0 atom stereocenters. The highest BCUT2D eigenvalue weighted by atomic mass is 16.4. The predicted molar refractivity (Wildman–Crippen MR) is 510 cm³/mol. The normalized spacial score (nSPS) is 9.80. The molecule has 0 bridgehead atoms. The van der Waals surface area contributed by atoms with Gasteiger partial charge in [-0.25, -0.2) is 0 Å². The number of hydrogen-bond acceptors (Lipinski definition) is 30. The first kappa shape index (κ1) is 163. The number of carboxylic acids is 9. The molecule has 0 aromatic rings. The third kappa shape index (κ3) is 260. The summed E-state index contributed by atoms with van der Waals surface area (Å²) in [5, 5.41) is 243. The Morgan fingerprint density at radius 2 is 0.189 bits per heavy atom. The van der Waals surface area contributed by atoms with Crippen molar-refractivity contribution < 1.29 is 196 Å². The SMILES string of the molecule is CCCCCCCC(=O)O.CCCCCCCC(=O)O.CCCCCCCC(=O)O.CCCCCCCC(=O)O.CCCCCCCC(=O)O.CCCCCCCC(=O)O.CCCCCCCC(=O)O.CCCCCCCC(=O)O.CCCCCCCC(=O)O.OCC(O)CO.OCC(O)CO.OCC(O)CO.OCC(O)CO.OCC(O)CO.OCC(O)CO.OCC(O)CO. The van der Waals surface area contributed by atoms with Crippen LogP contribution in [0.3, 0.4) is 0 Å². The summed E-state index contributed by atoms with van der Waals surface area (Å²) >= 11 is 0. The van der Waals surface area contributed by atoms with Gasteiger partial charge in [-0.15, -0.1) is 0 Å². The van der Waals surface area contributed by atoms with Gasteiger partial charge in [0.05, 0.1) is 92.5 Å². The molecule has 0 amide bonds. The first-order chi connectivity index (χ1) is 62.6. The molecule has 0 saturated carbocycles. The number of hydrogen-bond donors (Lipinski definition) is 30. The molecule has 39 nitrogen and oxygen atoms in total. The van der Waals surface area contributed by atoms with Crippen molar-refractivity contribution in [2.75, 3.05) is 92.5 Å². The summed E-state index contributed by atoms with van der Waals surface area (Å²) < 4.78 is 0. The van der Waals surface area contributed by atoms with Crippen LogP contribution in [0.15, 0.2) is 0 Å². The van der Waals surface area contributed by atoms with E-state index in [4.69, 9.17) is 153 Å². The van der Waals surface area contributed by atoms with E-state index in [1.165, 1.54) is 173 Å². The van der Waals surface area contributed by atoms with E-state index >= 15 is 0 Å². The molecule has 0 aliphatic carbocycles. The van der Waals surface area contributed by atoms with Gasteiger partial charge in [-0.05, 0) is 57.8 Å². The highest BCUT2D eigenvalue weighted by molar-refractivity contribution is 5.69. The van der Waals surface area contributed by atoms with Gasteiger partial charge in [-0.1, -0.05) is 293 Å². The van der Waals surface area contributed by atoms with E-state index in [-0.39, 0.29) is 92.5 Å². The topological polar surface area (TPSA) is 761 Å². The minimum Gasteiger partial charge on any atom is -0.481 e. The summed E-state index contributed by atoms with van der Waals surface area (Å²) in [6.07, 6.45) is 46.3. The lowest BCUT2D eigenvalue weighted by atomic mass is 10.1. The zero-order valence-corrected chi connectivity index (χ0v) is 82.7. The number of rotatable bonds is 68. The molecular formula is C93H200O39. The molecule has 0 unspecified atom stereocenters. The van der Waals surface area contributed by atoms with E-state index < -0.39 is 96.5 Å². The van der Waals surface area contributed by atoms with E-state index in [0.29, 0.717) is 57.8 Å². The molecule has 30 N–H and O–H groups in total. The molecule has 0 aliphatic rings. The minimum atomic E-state index is -0.954. The highest BCUT2D eigenvalue weighted by Crippen LogP contribution is 2.11. The smallest absolute Gasteiger partial charge is 0.303 e. The summed E-state index contributed by atoms with van der Waals surface area (Å²) in [6.45, 7) is 14.2. The van der Waals surface area contributed by atoms with Gasteiger partial charge < -0.3 is 153 Å². The van der Waals surface area contributed by atoms with Crippen LogP contribution in [0.4, 0.5) is 0 Å². The molecule has 0 saturated heterocycles. The van der Waals surface area contributed by atoms with Gasteiger partial charge in [0.15, 0.2) is 0 Å². The zero-order valence-electron chi connectivity index (χ0n) is 82.7. The van der Waals surface area contributed by atoms with Gasteiger partial charge in [-0.3, -0.25) is 43.2 Å². The lowest BCUT2D eigenvalue weighted by Gasteiger charge is -1.96. The number of carboxylic acid groups (broad SMARTS) is 9. The maximum Gasteiger partial charge on any atom is 0.303 e. The van der Waals surface area contributed by atoms with E-state index in [2.05, 4.69) is 62.3 Å². The largest absolute Gasteiger partial charge is 0.481 e. The Kier molecular flexibility index (Phi) is 197. The lowest BCUT2D eigenvalue weighted by molar-refractivity contribution is -0.138. The fourth-order valence-electron chi connectivity index (χ4n) is 8.32. The zero-order chi connectivity index (χ0) is 105. The van der Waals surface area contributed by atoms with Crippen molar-refractivity contribution in [3.63, 3.8) is 0 Å². The third-order valence-electron chi connectivity index (χ3n) is 16.4. The van der Waals surface area contributed by atoms with Crippen molar-refractivity contribution in [2.45, 2.75) is 452 Å². The van der Waals surface area contributed by atoms with Crippen molar-refractivity contribution in [3.8, 4) is 0 Å². The van der Waals surface area contributed by atoms with Gasteiger partial charge in [-0.2, -0.15) is 0 Å². The second kappa shape index (κ2) is 159. The Labute approximate surface area is 791 Å². The van der Waals surface area contributed by atoms with Crippen LogP contribution in [-0.2, 0) is 43.2 Å². The summed E-state index contributed by atoms with van der Waals surface area (Å²) in [6, 6.07) is 0. The summed E-state index contributed by atoms with van der Waals surface area (Å²) in [5.74, 6) is -6.03. The average Bonchev–Trinajstić information content (AvgIpc) is 1.13. The number of aliphatic carboxylic acids is 9. The molecule has 0 spiro atoms. The quantitative estimate of drug-likeness (QED) is 0.0252. The molecule has 0 heterocycles. The van der Waals surface area contributed by atoms with Crippen LogP contribution in [0.5, 0.6) is 0 Å². The molecule has 0 aromatic heterocycles. The maximum atomic E-state index is 10.0. The van der Waals surface area contributed by atoms with Gasteiger partial charge in [0.1, 0.15) is 42.7 Å². The molecule has 0 fully saturated rings. The predicted octanol–water partition coefficient (Wildman–Crippen LogP) is 10.2. The second-order valence-corrected chi connectivity index (χ2v) is 30.2. The van der Waals surface area contributed by atoms with Crippen LogP contribution in [0.25, 0.3) is 0 Å². The molecular weight excluding hydrogens is 1740 g/mol. The molecule has 39 heteroatoms. The molecule has 806 valence electrons. The van der Waals surface area contributed by atoms with Crippen LogP contribution in [0.2, 0.25) is 0 Å². The monoisotopic (exact) mass is 1940 g/mol. The molecule has 0 radical (unpaired) electrons. The molecule has 132 heavy (non-hydrogen) atoms. The third-order valence-corrected chi connectivity index (χ3v) is 16.4. The number of aliphatic hydroxyl groups is 21. The molecule has 0 aromatic carbocycles. The van der Waals surface area contributed by atoms with Crippen LogP contribution in [-0.4, -0.2) is 342 Å². The number of unbranched alkanes of at least 4 members (excludes halogenated alkanes) is 36. The van der Waals surface area contributed by atoms with Crippen molar-refractivity contribution in [3.05, 3.63) is 0 Å². The van der Waals surface area contributed by atoms with Gasteiger partial charge in [0, 0.05) is 57.8 Å². The van der Waals surface area contributed by atoms with Crippen molar-refractivity contribution in [1.29, 1.82) is 0 Å². The van der Waals surface area contributed by atoms with Crippen LogP contribution in [0.1, 0.15) is 409 Å². The van der Waals surface area contributed by atoms with E-state index in [9.17, 15) is 43.2 Å². The fraction of sp³-hybridized carbons (Fsp3) is 0.903. The van der Waals surface area contributed by atoms with Gasteiger partial charge in [0.25, 0.3) is 0 Å². The van der Waals surface area contributed by atoms with Crippen molar-refractivity contribution in [2.24, 2.45) is 0 Å². The Morgan fingerprint density at radius 3 is 0.227 bits per heavy atom. The first-order valence-corrected chi connectivity index (χ1v) is 47.8. The highest BCUT2D eigenvalue weighted by Gasteiger charge is 2.04. The average molecular weight is 1940 g/mol. The van der Waals surface area contributed by atoms with E-state index in [0.717, 1.165) is 116 Å². The van der Waals surface area contributed by atoms with E-state index in [1.54, 1.807) is 0 Å². The Hall–Kier alpha value is -5.61. The van der Waals surface area contributed by atoms with Crippen molar-refractivity contribution >= 4 is 53.7 Å². The minimum absolute atomic E-state index is 0.337. The van der Waals surface area contributed by atoms with Crippen molar-refractivity contribution in [1.82, 2.24) is 0 Å². The molecule has 0 aliphatic heterocycles. The van der Waals surface area contributed by atoms with Crippen LogP contribution >= 0.6 is 0 Å². The second-order valence-electron chi connectivity index (χ2n) is 30.2. The Bertz CT molecular complexity index is 1660. The summed E-state index contributed by atoms with van der Waals surface area (Å²) in [7, 11) is 0. The molecule has 0 rings (SSSR count). The lowest BCUT2D eigenvalue weighted by Crippen LogP contribution is -2.15. The van der Waals surface area contributed by atoms with E-state index in [1.807, 2.05) is 0 Å². The maximum absolute atomic E-state index is 10.0. The summed E-state index contributed by atoms with van der Waals surface area (Å²) in [5.41, 5.74) is 0. The Morgan fingerprint density at radius 1 is 0.129 bits per heavy atom. The van der Waals surface area contributed by atoms with Crippen LogP contribution < -0.4 is 0 Å². The first-order valence-electron chi connectivity index (χ1n) is 47.8. The standard InChI is InChI=1S/9C8H16O2.7C3H8O3/c9*1-2-3-4-5-6-7-8(9)10;7*4-1-3(6)2-5/h9*2-7H2,1H3,(H,9,10);7*3-6H,1-2H2. The fourth-order valence-corrected chi connectivity index (χ4v) is 8.32.